The van der Waals surface area contributed by atoms with E-state index in [-0.39, 0.29) is 11.6 Å². The van der Waals surface area contributed by atoms with E-state index in [2.05, 4.69) is 16.7 Å². The molecule has 1 N–H and O–H groups in total. The summed E-state index contributed by atoms with van der Waals surface area (Å²) in [6.45, 7) is 0.111. The van der Waals surface area contributed by atoms with Crippen molar-refractivity contribution in [2.75, 3.05) is 4.90 Å². The standard InChI is InChI=1S/C22H16N2O8S/c25-19(12-21(27)32-24-20(26)11-18(22(24)28)33(29,30)31)23-13-16-7-2-1-5-14(16)9-10-15-6-3-4-8-17(15)23/h1-8,18H,11-13H2,(H,29,30,31). The minimum Gasteiger partial charge on any atom is -0.330 e. The lowest BCUT2D eigenvalue weighted by Crippen LogP contribution is -2.39. The number of hydrogen-bond donors (Lipinski definition) is 1. The molecule has 2 aromatic carbocycles. The number of amides is 3. The molecule has 2 aliphatic heterocycles. The molecular formula is C22H16N2O8S. The van der Waals surface area contributed by atoms with Crippen molar-refractivity contribution in [2.24, 2.45) is 0 Å². The van der Waals surface area contributed by atoms with Gasteiger partial charge in [0.15, 0.2) is 5.25 Å². The fourth-order valence-electron chi connectivity index (χ4n) is 3.47. The highest BCUT2D eigenvalue weighted by molar-refractivity contribution is 7.87. The smallest absolute Gasteiger partial charge is 0.330 e. The highest BCUT2D eigenvalue weighted by Gasteiger charge is 2.48. The van der Waals surface area contributed by atoms with E-state index in [1.165, 1.54) is 4.90 Å². The van der Waals surface area contributed by atoms with Crippen LogP contribution in [-0.2, 0) is 40.7 Å². The Morgan fingerprint density at radius 1 is 1.03 bits per heavy atom. The zero-order valence-electron chi connectivity index (χ0n) is 16.9. The zero-order valence-corrected chi connectivity index (χ0v) is 17.7. The van der Waals surface area contributed by atoms with Crippen LogP contribution in [0.4, 0.5) is 5.69 Å². The van der Waals surface area contributed by atoms with Gasteiger partial charge in [0.2, 0.25) is 5.91 Å². The van der Waals surface area contributed by atoms with Crippen LogP contribution in [0, 0.1) is 11.8 Å². The summed E-state index contributed by atoms with van der Waals surface area (Å²) >= 11 is 0. The second-order valence-corrected chi connectivity index (χ2v) is 8.88. The molecule has 0 radical (unpaired) electrons. The number of imide groups is 1. The quantitative estimate of drug-likeness (QED) is 0.301. The summed E-state index contributed by atoms with van der Waals surface area (Å²) in [5, 5.41) is -2.08. The van der Waals surface area contributed by atoms with Crippen LogP contribution in [0.5, 0.6) is 0 Å². The van der Waals surface area contributed by atoms with Crippen molar-refractivity contribution in [1.29, 1.82) is 0 Å². The van der Waals surface area contributed by atoms with Crippen LogP contribution in [0.1, 0.15) is 29.5 Å². The maximum Gasteiger partial charge on any atom is 0.342 e. The van der Waals surface area contributed by atoms with Crippen molar-refractivity contribution in [3.05, 3.63) is 65.2 Å². The Labute approximate surface area is 188 Å². The van der Waals surface area contributed by atoms with Crippen LogP contribution < -0.4 is 4.90 Å². The molecule has 2 heterocycles. The normalized spacial score (nSPS) is 17.3. The molecule has 33 heavy (non-hydrogen) atoms. The maximum absolute atomic E-state index is 13.1. The van der Waals surface area contributed by atoms with Gasteiger partial charge >= 0.3 is 5.97 Å². The first-order valence-corrected chi connectivity index (χ1v) is 11.2. The van der Waals surface area contributed by atoms with Crippen LogP contribution in [0.2, 0.25) is 0 Å². The van der Waals surface area contributed by atoms with Crippen molar-refractivity contribution in [3.63, 3.8) is 0 Å². The summed E-state index contributed by atoms with van der Waals surface area (Å²) in [5.74, 6) is 1.63. The molecular weight excluding hydrogens is 452 g/mol. The number of para-hydroxylation sites is 1. The van der Waals surface area contributed by atoms with Gasteiger partial charge in [0.05, 0.1) is 18.7 Å². The van der Waals surface area contributed by atoms with Gasteiger partial charge in [0.1, 0.15) is 6.42 Å². The Morgan fingerprint density at radius 3 is 2.36 bits per heavy atom. The monoisotopic (exact) mass is 468 g/mol. The molecule has 1 unspecified atom stereocenters. The number of fused-ring (bicyclic) bond motifs is 2. The topological polar surface area (TPSA) is 138 Å². The SMILES string of the molecule is O=C(CC(=O)N1Cc2ccccc2C#Cc2ccccc21)ON1C(=O)CC(S(=O)(=O)O)C1=O. The van der Waals surface area contributed by atoms with E-state index >= 15 is 0 Å². The summed E-state index contributed by atoms with van der Waals surface area (Å²) in [4.78, 5) is 55.4. The van der Waals surface area contributed by atoms with Gasteiger partial charge in [0.25, 0.3) is 21.9 Å². The van der Waals surface area contributed by atoms with Crippen LogP contribution in [-0.4, -0.2) is 47.0 Å². The molecule has 3 amide bonds. The van der Waals surface area contributed by atoms with Crippen molar-refractivity contribution in [2.45, 2.75) is 24.6 Å². The zero-order chi connectivity index (χ0) is 23.8. The van der Waals surface area contributed by atoms with Crippen molar-refractivity contribution < 1.29 is 37.0 Å². The number of benzene rings is 2. The summed E-state index contributed by atoms with van der Waals surface area (Å²) in [6.07, 6.45) is -1.70. The molecule has 10 nitrogen and oxygen atoms in total. The number of rotatable bonds is 4. The molecule has 0 saturated carbocycles. The molecule has 1 atom stereocenters. The van der Waals surface area contributed by atoms with E-state index in [1.807, 2.05) is 12.1 Å². The van der Waals surface area contributed by atoms with E-state index in [0.717, 1.165) is 11.1 Å². The first-order valence-electron chi connectivity index (χ1n) is 9.68. The Balaban J connectivity index is 1.55. The molecule has 0 aliphatic carbocycles. The van der Waals surface area contributed by atoms with Crippen LogP contribution in [0.25, 0.3) is 0 Å². The first-order chi connectivity index (χ1) is 15.6. The number of hydrogen-bond acceptors (Lipinski definition) is 7. The first kappa shape index (κ1) is 22.2. The Bertz CT molecular complexity index is 1360. The van der Waals surface area contributed by atoms with E-state index in [1.54, 1.807) is 36.4 Å². The second kappa shape index (κ2) is 8.50. The van der Waals surface area contributed by atoms with Gasteiger partial charge in [-0.3, -0.25) is 18.9 Å². The number of anilines is 1. The molecule has 0 spiro atoms. The lowest BCUT2D eigenvalue weighted by Gasteiger charge is -2.26. The molecule has 0 bridgehead atoms. The number of carbonyl (C=O) groups is 4. The van der Waals surface area contributed by atoms with Crippen LogP contribution >= 0.6 is 0 Å². The third kappa shape index (κ3) is 4.48. The average molecular weight is 468 g/mol. The highest BCUT2D eigenvalue weighted by Crippen LogP contribution is 2.26. The van der Waals surface area contributed by atoms with Gasteiger partial charge in [-0.25, -0.2) is 4.79 Å². The maximum atomic E-state index is 13.1. The summed E-state index contributed by atoms with van der Waals surface area (Å²) in [5.41, 5.74) is 2.51. The summed E-state index contributed by atoms with van der Waals surface area (Å²) in [6, 6.07) is 14.1. The molecule has 1 fully saturated rings. The van der Waals surface area contributed by atoms with Gasteiger partial charge < -0.3 is 9.74 Å². The van der Waals surface area contributed by atoms with E-state index in [4.69, 9.17) is 4.55 Å². The Kier molecular flexibility index (Phi) is 5.71. The fourth-order valence-corrected chi connectivity index (χ4v) is 4.18. The summed E-state index contributed by atoms with van der Waals surface area (Å²) in [7, 11) is -4.85. The molecule has 168 valence electrons. The third-order valence-corrected chi connectivity index (χ3v) is 6.17. The lowest BCUT2D eigenvalue weighted by atomic mass is 10.0. The minimum atomic E-state index is -4.85. The van der Waals surface area contributed by atoms with Gasteiger partial charge in [-0.05, 0) is 23.8 Å². The fraction of sp³-hybridized carbons (Fsp3) is 0.182. The van der Waals surface area contributed by atoms with Crippen molar-refractivity contribution in [1.82, 2.24) is 5.06 Å². The van der Waals surface area contributed by atoms with Gasteiger partial charge in [-0.15, -0.1) is 5.06 Å². The molecule has 4 rings (SSSR count). The van der Waals surface area contributed by atoms with Gasteiger partial charge in [-0.1, -0.05) is 42.2 Å². The third-order valence-electron chi connectivity index (χ3n) is 5.08. The largest absolute Gasteiger partial charge is 0.342 e. The highest BCUT2D eigenvalue weighted by atomic mass is 32.2. The van der Waals surface area contributed by atoms with E-state index in [0.29, 0.717) is 11.3 Å². The van der Waals surface area contributed by atoms with E-state index in [9.17, 15) is 27.6 Å². The molecule has 2 aliphatic rings. The second-order valence-electron chi connectivity index (χ2n) is 7.28. The number of nitrogens with zero attached hydrogens (tertiary/aromatic N) is 2. The number of carbonyl (C=O) groups excluding carboxylic acids is 4. The summed E-state index contributed by atoms with van der Waals surface area (Å²) < 4.78 is 31.5. The van der Waals surface area contributed by atoms with Gasteiger partial charge in [0, 0.05) is 11.1 Å². The van der Waals surface area contributed by atoms with Crippen molar-refractivity contribution in [3.8, 4) is 11.8 Å². The predicted octanol–water partition coefficient (Wildman–Crippen LogP) is 0.797. The Hall–Kier alpha value is -4.01. The average Bonchev–Trinajstić information content (AvgIpc) is 3.04. The molecule has 11 heteroatoms. The molecule has 1 saturated heterocycles. The minimum absolute atomic E-state index is 0.0315. The predicted molar refractivity (Wildman–Crippen MR) is 113 cm³/mol. The van der Waals surface area contributed by atoms with E-state index < -0.39 is 51.9 Å². The molecule has 2 aromatic rings. The lowest BCUT2D eigenvalue weighted by molar-refractivity contribution is -0.197. The Morgan fingerprint density at radius 2 is 1.67 bits per heavy atom. The van der Waals surface area contributed by atoms with Gasteiger partial charge in [-0.2, -0.15) is 8.42 Å². The number of hydroxylamine groups is 2. The van der Waals surface area contributed by atoms with Crippen LogP contribution in [0.15, 0.2) is 48.5 Å². The van der Waals surface area contributed by atoms with Crippen molar-refractivity contribution >= 4 is 39.5 Å². The molecule has 0 aromatic heterocycles. The van der Waals surface area contributed by atoms with Crippen LogP contribution in [0.3, 0.4) is 0 Å².